The Morgan fingerprint density at radius 1 is 1.00 bits per heavy atom. The molecule has 5 heterocycles. The first kappa shape index (κ1) is 58.7. The number of ether oxygens (including phenoxy) is 6. The predicted octanol–water partition coefficient (Wildman–Crippen LogP) is 4.60. The Hall–Kier alpha value is -3.55. The zero-order valence-electron chi connectivity index (χ0n) is 44.6. The number of nitrogens with zero attached hydrogens (tertiary/aromatic N) is 6. The van der Waals surface area contributed by atoms with Crippen LogP contribution in [0.2, 0.25) is 0 Å². The fraction of sp³-hybridized carbons (Fsp3) is 0.804. The fourth-order valence-corrected chi connectivity index (χ4v) is 11.8. The van der Waals surface area contributed by atoms with Crippen molar-refractivity contribution >= 4 is 11.7 Å². The van der Waals surface area contributed by atoms with Gasteiger partial charge in [0, 0.05) is 56.6 Å². The van der Waals surface area contributed by atoms with Crippen molar-refractivity contribution in [1.29, 1.82) is 0 Å². The second kappa shape index (κ2) is 23.4. The Morgan fingerprint density at radius 3 is 2.36 bits per heavy atom. The summed E-state index contributed by atoms with van der Waals surface area (Å²) in [5, 5.41) is 72.7. The topological polar surface area (TPSA) is 232 Å². The van der Waals surface area contributed by atoms with Gasteiger partial charge in [-0.25, -0.2) is 4.68 Å². The number of likely N-dealkylation sites (N-methyl/N-ethyl adjacent to an activating group) is 2. The Balaban J connectivity index is 1.24. The van der Waals surface area contributed by atoms with Gasteiger partial charge < -0.3 is 68.6 Å². The number of aromatic nitrogens is 3. The van der Waals surface area contributed by atoms with Crippen LogP contribution in [0, 0.1) is 23.7 Å². The van der Waals surface area contributed by atoms with E-state index < -0.39 is 120 Å². The number of cyclic esters (lactones) is 1. The van der Waals surface area contributed by atoms with Gasteiger partial charge in [0.25, 0.3) is 0 Å². The Kier molecular flexibility index (Phi) is 18.8. The number of methoxy groups -OCH3 is 1. The molecule has 0 radical (unpaired) electrons. The zero-order valence-corrected chi connectivity index (χ0v) is 44.6. The Morgan fingerprint density at radius 2 is 1.70 bits per heavy atom. The van der Waals surface area contributed by atoms with Crippen LogP contribution in [0.1, 0.15) is 119 Å². The number of hydrogen-bond acceptors (Lipinski definition) is 18. The van der Waals surface area contributed by atoms with Crippen LogP contribution in [0.25, 0.3) is 0 Å². The average molecular weight is 1040 g/mol. The summed E-state index contributed by atoms with van der Waals surface area (Å²) in [6.07, 6.45) is -11.1. The van der Waals surface area contributed by atoms with Crippen LogP contribution in [0.3, 0.4) is 0 Å². The first-order chi connectivity index (χ1) is 34.0. The summed E-state index contributed by atoms with van der Waals surface area (Å²) < 4.78 is 76.2. The number of rotatable bonds is 12. The van der Waals surface area contributed by atoms with Crippen molar-refractivity contribution in [3.63, 3.8) is 0 Å². The van der Waals surface area contributed by atoms with Crippen LogP contribution in [0.5, 0.6) is 5.75 Å². The van der Waals surface area contributed by atoms with Gasteiger partial charge in [-0.15, -0.1) is 18.3 Å². The normalized spacial score (nSPS) is 40.8. The van der Waals surface area contributed by atoms with E-state index in [1.807, 2.05) is 44.7 Å². The lowest BCUT2D eigenvalue weighted by molar-refractivity contribution is -0.302. The lowest BCUT2D eigenvalue weighted by Crippen LogP contribution is -2.62. The van der Waals surface area contributed by atoms with Crippen molar-refractivity contribution in [2.45, 2.75) is 204 Å². The van der Waals surface area contributed by atoms with E-state index in [1.54, 1.807) is 53.8 Å². The van der Waals surface area contributed by atoms with Crippen molar-refractivity contribution in [3.05, 3.63) is 41.7 Å². The van der Waals surface area contributed by atoms with Crippen molar-refractivity contribution in [3.8, 4) is 5.75 Å². The van der Waals surface area contributed by atoms with Crippen molar-refractivity contribution in [1.82, 2.24) is 24.8 Å². The van der Waals surface area contributed by atoms with E-state index in [1.165, 1.54) is 36.9 Å². The number of carbonyl (C=O) groups is 1. The molecule has 6 rings (SSSR count). The molecule has 0 amide bonds. The van der Waals surface area contributed by atoms with E-state index in [0.717, 1.165) is 0 Å². The smallest absolute Gasteiger partial charge is 0.459 e. The first-order valence-corrected chi connectivity index (χ1v) is 25.6. The molecule has 73 heavy (non-hydrogen) atoms. The van der Waals surface area contributed by atoms with Gasteiger partial charge in [-0.3, -0.25) is 4.79 Å². The summed E-state index contributed by atoms with van der Waals surface area (Å²) in [6.45, 7) is 18.5. The molecule has 1 aromatic carbocycles. The fourth-order valence-electron chi connectivity index (χ4n) is 11.8. The van der Waals surface area contributed by atoms with Crippen LogP contribution < -0.4 is 4.74 Å². The number of aliphatic hydroxyl groups excluding tert-OH is 3. The molecule has 3 fully saturated rings. The first-order valence-electron chi connectivity index (χ1n) is 25.6. The number of hydrogen-bond donors (Lipinski definition) is 5. The maximum atomic E-state index is 14.6. The van der Waals surface area contributed by atoms with Crippen LogP contribution in [0.4, 0.5) is 13.2 Å². The van der Waals surface area contributed by atoms with Crippen LogP contribution in [0.15, 0.2) is 35.6 Å². The van der Waals surface area contributed by atoms with Crippen LogP contribution >= 0.6 is 0 Å². The molecule has 0 spiro atoms. The molecule has 1 aromatic heterocycles. The molecular formula is C51H81F3N6O13. The van der Waals surface area contributed by atoms with E-state index in [2.05, 4.69) is 20.2 Å². The van der Waals surface area contributed by atoms with E-state index >= 15 is 0 Å². The minimum Gasteiger partial charge on any atom is -0.459 e. The second-order valence-electron chi connectivity index (χ2n) is 22.1. The molecule has 2 aromatic rings. The molecule has 19 atom stereocenters. The Bertz CT molecular complexity index is 2170. The summed E-state index contributed by atoms with van der Waals surface area (Å²) in [5.41, 5.74) is -3.13. The summed E-state index contributed by atoms with van der Waals surface area (Å²) >= 11 is 0. The second-order valence-corrected chi connectivity index (χ2v) is 22.1. The summed E-state index contributed by atoms with van der Waals surface area (Å²) in [7, 11) is 5.21. The highest BCUT2D eigenvalue weighted by atomic mass is 19.4. The summed E-state index contributed by atoms with van der Waals surface area (Å²) in [6, 6.07) is 4.41. The van der Waals surface area contributed by atoms with Crippen LogP contribution in [-0.4, -0.2) is 187 Å². The monoisotopic (exact) mass is 1040 g/mol. The van der Waals surface area contributed by atoms with Crippen molar-refractivity contribution < 1.29 is 76.8 Å². The van der Waals surface area contributed by atoms with Gasteiger partial charge in [-0.05, 0) is 98.9 Å². The summed E-state index contributed by atoms with van der Waals surface area (Å²) in [5.74, 6) is -3.71. The number of carbonyl (C=O) groups excluding carboxylic acids is 1. The van der Waals surface area contributed by atoms with E-state index in [-0.39, 0.29) is 37.4 Å². The largest absolute Gasteiger partial charge is 0.573 e. The number of aliphatic hydroxyl groups is 5. The van der Waals surface area contributed by atoms with Gasteiger partial charge in [0.05, 0.1) is 65.6 Å². The predicted molar refractivity (Wildman–Crippen MR) is 260 cm³/mol. The third kappa shape index (κ3) is 13.5. The SMILES string of the molecule is CC[C@H]1OC(=O)[C@H](C)[C@@H](C2C[C@@](C)(OC)[C@@H](O)[C@H](C)O2)[C@H](C)[C@@H](O[C@@H]2O[C@H](C)C[C@H](N(C)CCc3cn([C@H]4CC(c5cccc(OC(F)(F)F)c5)=NO4)nn3)[C@H]2O)[C@](C)(O)C[C@@H](C)CN(C)[C@H](C)[C@@H](O)[C@]1(C)O. The number of esters is 1. The maximum Gasteiger partial charge on any atom is 0.573 e. The maximum absolute atomic E-state index is 14.6. The number of oxime groups is 1. The molecule has 0 aliphatic carbocycles. The van der Waals surface area contributed by atoms with Crippen molar-refractivity contribution in [2.75, 3.05) is 34.3 Å². The average Bonchev–Trinajstić information content (AvgIpc) is 4.01. The number of halogens is 3. The lowest BCUT2D eigenvalue weighted by Gasteiger charge is -2.51. The lowest BCUT2D eigenvalue weighted by atomic mass is 9.68. The van der Waals surface area contributed by atoms with Gasteiger partial charge in [-0.1, -0.05) is 50.2 Å². The van der Waals surface area contributed by atoms with E-state index in [4.69, 9.17) is 28.5 Å². The van der Waals surface area contributed by atoms with Gasteiger partial charge in [0.1, 0.15) is 35.8 Å². The molecule has 0 bridgehead atoms. The highest BCUT2D eigenvalue weighted by Crippen LogP contribution is 2.45. The molecular weight excluding hydrogens is 962 g/mol. The van der Waals surface area contributed by atoms with Crippen molar-refractivity contribution in [2.24, 2.45) is 28.8 Å². The molecule has 5 N–H and O–H groups in total. The van der Waals surface area contributed by atoms with Gasteiger partial charge in [0.2, 0.25) is 6.23 Å². The number of benzene rings is 1. The molecule has 4 aliphatic rings. The molecule has 3 saturated heterocycles. The molecule has 1 unspecified atom stereocenters. The Labute approximate surface area is 427 Å². The minimum atomic E-state index is -4.84. The highest BCUT2D eigenvalue weighted by Gasteiger charge is 2.55. The molecule has 0 saturated carbocycles. The third-order valence-corrected chi connectivity index (χ3v) is 16.1. The molecule has 4 aliphatic heterocycles. The zero-order chi connectivity index (χ0) is 54.1. The third-order valence-electron chi connectivity index (χ3n) is 16.1. The van der Waals surface area contributed by atoms with E-state index in [0.29, 0.717) is 42.9 Å². The number of alkyl halides is 3. The van der Waals surface area contributed by atoms with Gasteiger partial charge in [-0.2, -0.15) is 0 Å². The van der Waals surface area contributed by atoms with Crippen LogP contribution in [-0.2, 0) is 39.7 Å². The highest BCUT2D eigenvalue weighted by molar-refractivity contribution is 6.01. The molecule has 19 nitrogen and oxygen atoms in total. The quantitative estimate of drug-likeness (QED) is 0.183. The minimum absolute atomic E-state index is 0.157. The standard InChI is InChI=1S/C51H81F3N6O13/c1-14-39-50(10,66)43(62)31(6)59(12)25-27(2)23-48(8,65)45(29(4)41(30(5)46(64)70-39)38-24-49(9,67-13)44(63)32(7)69-38)71-47-42(61)37(20-28(3)68-47)58(11)19-18-34-26-60(57-55-34)40-22-36(56-73-40)33-16-15-17-35(21-33)72-51(52,53)54/h15-17,21,26-32,37-45,47,61-63,65-66H,14,18-20,22-25H2,1-13H3/t27-,28-,29+,30-,31-,32+,37+,38?,39-,40-,41+,42-,43-,44+,45-,47+,48-,49-,50-/m1/s1. The van der Waals surface area contributed by atoms with Gasteiger partial charge >= 0.3 is 12.3 Å². The molecule has 22 heteroatoms. The van der Waals surface area contributed by atoms with E-state index in [9.17, 15) is 43.5 Å². The summed E-state index contributed by atoms with van der Waals surface area (Å²) in [4.78, 5) is 24.1. The molecule has 414 valence electrons. The van der Waals surface area contributed by atoms with Gasteiger partial charge in [0.15, 0.2) is 6.29 Å².